The molecule has 0 atom stereocenters. The average Bonchev–Trinajstić information content (AvgIpc) is 3.94. The second-order valence-corrected chi connectivity index (χ2v) is 15.5. The molecular formula is C51H51N7O3. The zero-order valence-corrected chi connectivity index (χ0v) is 35.1. The molecule has 5 aromatic carbocycles. The van der Waals surface area contributed by atoms with Crippen LogP contribution in [0, 0.1) is 0 Å². The lowest BCUT2D eigenvalue weighted by molar-refractivity contribution is -0.114. The third-order valence-corrected chi connectivity index (χ3v) is 11.6. The average molecular weight is 810 g/mol. The second kappa shape index (κ2) is 18.5. The number of anilines is 1. The maximum Gasteiger partial charge on any atom is 0.358 e. The highest BCUT2D eigenvalue weighted by atomic mass is 16.5. The quantitative estimate of drug-likeness (QED) is 0.0612. The number of ether oxygens (including phenoxy) is 1. The standard InChI is InChI=1S/C51H51N7O3/c1-4-20-45-52-49(56(3)46(59)35-37-21-10-6-11-22-37)47(50(60)61-5-2)57(45)36-38-31-33-39(34-32-38)43-29-18-19-30-44(43)48-53-54-55-58(48)51(40-23-12-7-13-24-40,41-25-14-8-15-26-41)42-27-16-9-17-28-42/h7-9,12-19,23-35H,4-6,10-11,20-22,36H2,1-3H3. The van der Waals surface area contributed by atoms with Crippen molar-refractivity contribution < 1.29 is 14.3 Å². The lowest BCUT2D eigenvalue weighted by atomic mass is 9.77. The van der Waals surface area contributed by atoms with Crippen molar-refractivity contribution in [1.29, 1.82) is 0 Å². The van der Waals surface area contributed by atoms with Gasteiger partial charge in [0.05, 0.1) is 6.61 Å². The van der Waals surface area contributed by atoms with Crippen molar-refractivity contribution in [2.45, 2.75) is 70.9 Å². The van der Waals surface area contributed by atoms with Gasteiger partial charge in [-0.3, -0.25) is 9.69 Å². The molecule has 0 spiro atoms. The molecule has 1 fully saturated rings. The number of aryl methyl sites for hydroxylation is 1. The predicted octanol–water partition coefficient (Wildman–Crippen LogP) is 10.1. The monoisotopic (exact) mass is 809 g/mol. The Morgan fingerprint density at radius 3 is 1.89 bits per heavy atom. The lowest BCUT2D eigenvalue weighted by Crippen LogP contribution is -2.39. The Labute approximate surface area is 357 Å². The van der Waals surface area contributed by atoms with Crippen molar-refractivity contribution in [2.24, 2.45) is 0 Å². The molecule has 2 heterocycles. The molecule has 308 valence electrons. The highest BCUT2D eigenvalue weighted by Crippen LogP contribution is 2.43. The summed E-state index contributed by atoms with van der Waals surface area (Å²) in [5, 5.41) is 13.9. The number of imidazole rings is 1. The van der Waals surface area contributed by atoms with Crippen molar-refractivity contribution in [3.63, 3.8) is 0 Å². The smallest absolute Gasteiger partial charge is 0.358 e. The van der Waals surface area contributed by atoms with E-state index in [4.69, 9.17) is 20.0 Å². The molecule has 0 aliphatic heterocycles. The number of esters is 1. The summed E-state index contributed by atoms with van der Waals surface area (Å²) in [7, 11) is 1.69. The van der Waals surface area contributed by atoms with E-state index in [1.807, 2.05) is 39.6 Å². The van der Waals surface area contributed by atoms with Crippen LogP contribution in [0.5, 0.6) is 0 Å². The van der Waals surface area contributed by atoms with Crippen LogP contribution in [0.3, 0.4) is 0 Å². The van der Waals surface area contributed by atoms with Crippen molar-refractivity contribution in [3.8, 4) is 22.5 Å². The van der Waals surface area contributed by atoms with Gasteiger partial charge < -0.3 is 9.30 Å². The highest BCUT2D eigenvalue weighted by molar-refractivity contribution is 6.05. The second-order valence-electron chi connectivity index (χ2n) is 15.5. The largest absolute Gasteiger partial charge is 0.461 e. The lowest BCUT2D eigenvalue weighted by Gasteiger charge is -2.36. The fourth-order valence-corrected chi connectivity index (χ4v) is 8.62. The molecule has 0 N–H and O–H groups in total. The van der Waals surface area contributed by atoms with E-state index in [0.29, 0.717) is 24.6 Å². The molecule has 0 bridgehead atoms. The zero-order chi connectivity index (χ0) is 42.2. The number of likely N-dealkylation sites (N-methyl/N-ethyl adjacent to an activating group) is 1. The fourth-order valence-electron chi connectivity index (χ4n) is 8.62. The molecule has 1 amide bonds. The highest BCUT2D eigenvalue weighted by Gasteiger charge is 2.42. The first-order valence-corrected chi connectivity index (χ1v) is 21.3. The maximum atomic E-state index is 13.7. The van der Waals surface area contributed by atoms with Crippen LogP contribution in [0.25, 0.3) is 22.5 Å². The first kappa shape index (κ1) is 40.8. The Bertz CT molecular complexity index is 2510. The molecule has 0 saturated heterocycles. The summed E-state index contributed by atoms with van der Waals surface area (Å²) in [6.07, 6.45) is 8.39. The van der Waals surface area contributed by atoms with Crippen molar-refractivity contribution in [1.82, 2.24) is 29.8 Å². The van der Waals surface area contributed by atoms with Gasteiger partial charge in [0.1, 0.15) is 11.4 Å². The van der Waals surface area contributed by atoms with Crippen LogP contribution in [-0.4, -0.2) is 55.3 Å². The Balaban J connectivity index is 1.18. The van der Waals surface area contributed by atoms with Gasteiger partial charge in [-0.25, -0.2) is 14.5 Å². The van der Waals surface area contributed by atoms with Gasteiger partial charge in [-0.05, 0) is 82.8 Å². The van der Waals surface area contributed by atoms with E-state index < -0.39 is 11.5 Å². The normalized spacial score (nSPS) is 12.9. The van der Waals surface area contributed by atoms with Crippen LogP contribution in [0.1, 0.15) is 90.9 Å². The van der Waals surface area contributed by atoms with Crippen molar-refractivity contribution in [2.75, 3.05) is 18.6 Å². The maximum absolute atomic E-state index is 13.7. The van der Waals surface area contributed by atoms with Crippen LogP contribution in [-0.2, 0) is 28.0 Å². The number of carbonyl (C=O) groups is 2. The summed E-state index contributed by atoms with van der Waals surface area (Å²) in [4.78, 5) is 33.7. The summed E-state index contributed by atoms with van der Waals surface area (Å²) in [6.45, 7) is 4.44. The van der Waals surface area contributed by atoms with Crippen LogP contribution in [0.2, 0.25) is 0 Å². The van der Waals surface area contributed by atoms with E-state index in [1.54, 1.807) is 20.0 Å². The molecule has 10 heteroatoms. The Hall–Kier alpha value is -6.94. The fraction of sp³-hybridized carbons (Fsp3) is 0.255. The summed E-state index contributed by atoms with van der Waals surface area (Å²) in [5.74, 6) is 0.977. The molecule has 8 rings (SSSR count). The molecule has 1 saturated carbocycles. The number of allylic oxidation sites excluding steroid dienone is 1. The molecule has 10 nitrogen and oxygen atoms in total. The topological polar surface area (TPSA) is 108 Å². The van der Waals surface area contributed by atoms with E-state index in [9.17, 15) is 9.59 Å². The molecule has 0 unspecified atom stereocenters. The van der Waals surface area contributed by atoms with E-state index in [-0.39, 0.29) is 18.2 Å². The van der Waals surface area contributed by atoms with Gasteiger partial charge in [0.25, 0.3) is 5.91 Å². The summed E-state index contributed by atoms with van der Waals surface area (Å²) in [5.41, 5.74) is 7.37. The Kier molecular flexibility index (Phi) is 12.4. The molecular weight excluding hydrogens is 759 g/mol. The Morgan fingerprint density at radius 1 is 0.738 bits per heavy atom. The molecule has 7 aromatic rings. The third-order valence-electron chi connectivity index (χ3n) is 11.6. The molecule has 1 aliphatic carbocycles. The zero-order valence-electron chi connectivity index (χ0n) is 35.1. The SMILES string of the molecule is CCCc1nc(N(C)C(=O)C=C2CCCCC2)c(C(=O)OCC)n1Cc1ccc(-c2ccccc2-c2nnnn2C(c2ccccc2)(c2ccccc2)c2ccccc2)cc1. The van der Waals surface area contributed by atoms with Gasteiger partial charge in [-0.2, -0.15) is 0 Å². The minimum atomic E-state index is -0.901. The van der Waals surface area contributed by atoms with Crippen LogP contribution < -0.4 is 4.90 Å². The Morgan fingerprint density at radius 2 is 1.31 bits per heavy atom. The first-order chi connectivity index (χ1) is 29.9. The van der Waals surface area contributed by atoms with E-state index >= 15 is 0 Å². The van der Waals surface area contributed by atoms with E-state index in [1.165, 1.54) is 11.3 Å². The van der Waals surface area contributed by atoms with Crippen molar-refractivity contribution in [3.05, 3.63) is 185 Å². The van der Waals surface area contributed by atoms with Gasteiger partial charge in [0.2, 0.25) is 0 Å². The number of nitrogens with zero attached hydrogens (tertiary/aromatic N) is 7. The van der Waals surface area contributed by atoms with Gasteiger partial charge >= 0.3 is 5.97 Å². The van der Waals surface area contributed by atoms with Gasteiger partial charge in [0, 0.05) is 31.7 Å². The number of hydrogen-bond donors (Lipinski definition) is 0. The number of carbonyl (C=O) groups excluding carboxylic acids is 2. The third kappa shape index (κ3) is 8.18. The first-order valence-electron chi connectivity index (χ1n) is 21.3. The number of hydrogen-bond acceptors (Lipinski definition) is 7. The number of rotatable bonds is 14. The van der Waals surface area contributed by atoms with Crippen LogP contribution >= 0.6 is 0 Å². The molecule has 1 aliphatic rings. The van der Waals surface area contributed by atoms with E-state index in [2.05, 4.69) is 121 Å². The molecule has 0 radical (unpaired) electrons. The van der Waals surface area contributed by atoms with Gasteiger partial charge in [-0.15, -0.1) is 5.10 Å². The number of aromatic nitrogens is 6. The van der Waals surface area contributed by atoms with Crippen molar-refractivity contribution >= 4 is 17.7 Å². The van der Waals surface area contributed by atoms with Gasteiger partial charge in [0.15, 0.2) is 17.3 Å². The number of tetrazole rings is 1. The van der Waals surface area contributed by atoms with Gasteiger partial charge in [-0.1, -0.05) is 158 Å². The summed E-state index contributed by atoms with van der Waals surface area (Å²) in [6, 6.07) is 47.7. The number of benzene rings is 5. The van der Waals surface area contributed by atoms with Crippen LogP contribution in [0.4, 0.5) is 5.82 Å². The predicted molar refractivity (Wildman–Crippen MR) is 239 cm³/mol. The molecule has 61 heavy (non-hydrogen) atoms. The summed E-state index contributed by atoms with van der Waals surface area (Å²) >= 11 is 0. The summed E-state index contributed by atoms with van der Waals surface area (Å²) < 4.78 is 9.46. The van der Waals surface area contributed by atoms with E-state index in [0.717, 1.165) is 82.4 Å². The molecule has 2 aromatic heterocycles. The number of amides is 1. The minimum absolute atomic E-state index is 0.183. The minimum Gasteiger partial charge on any atom is -0.461 e. The van der Waals surface area contributed by atoms with Crippen LogP contribution in [0.15, 0.2) is 151 Å².